The third-order valence-electron chi connectivity index (χ3n) is 7.81. The Labute approximate surface area is 200 Å². The monoisotopic (exact) mass is 457 g/mol. The number of likely N-dealkylation sites (N-methyl/N-ethyl adjacent to an activating group) is 1. The fraction of sp³-hybridized carbons (Fsp3) is 0.357. The maximum absolute atomic E-state index is 5.73. The molecule has 1 saturated heterocycles. The van der Waals surface area contributed by atoms with Crippen LogP contribution >= 0.6 is 11.8 Å². The summed E-state index contributed by atoms with van der Waals surface area (Å²) in [6, 6.07) is 23.0. The first-order valence-corrected chi connectivity index (χ1v) is 12.7. The first kappa shape index (κ1) is 21.1. The Morgan fingerprint density at radius 1 is 0.909 bits per heavy atom. The van der Waals surface area contributed by atoms with E-state index >= 15 is 0 Å². The van der Waals surface area contributed by atoms with E-state index in [4.69, 9.17) is 4.74 Å². The van der Waals surface area contributed by atoms with Crippen LogP contribution in [0.2, 0.25) is 0 Å². The second kappa shape index (κ2) is 8.08. The Balaban J connectivity index is 1.30. The fourth-order valence-electron chi connectivity index (χ4n) is 5.71. The molecule has 3 heterocycles. The van der Waals surface area contributed by atoms with Crippen LogP contribution in [0.4, 0.5) is 0 Å². The topological polar surface area (TPSA) is 19.0 Å². The molecule has 0 bridgehead atoms. The molecule has 0 aliphatic carbocycles. The van der Waals surface area contributed by atoms with Gasteiger partial charge in [-0.25, -0.2) is 10.0 Å². The Bertz CT molecular complexity index is 1250. The van der Waals surface area contributed by atoms with Crippen molar-refractivity contribution in [3.8, 4) is 5.75 Å². The third kappa shape index (κ3) is 3.37. The lowest BCUT2D eigenvalue weighted by Crippen LogP contribution is -2.36. The molecule has 0 spiro atoms. The largest absolute Gasteiger partial charge is 0.493 e. The number of ether oxygens (including phenoxy) is 1. The lowest BCUT2D eigenvalue weighted by molar-refractivity contribution is 0.0362. The summed E-state index contributed by atoms with van der Waals surface area (Å²) >= 11 is 2.03. The van der Waals surface area contributed by atoms with Crippen molar-refractivity contribution < 1.29 is 4.74 Å². The van der Waals surface area contributed by atoms with Gasteiger partial charge in [-0.2, -0.15) is 0 Å². The first-order valence-electron chi connectivity index (χ1n) is 11.8. The zero-order valence-corrected chi connectivity index (χ0v) is 20.6. The van der Waals surface area contributed by atoms with Crippen LogP contribution in [0.3, 0.4) is 0 Å². The lowest BCUT2D eigenvalue weighted by Gasteiger charge is -2.28. The van der Waals surface area contributed by atoms with Crippen LogP contribution in [0, 0.1) is 0 Å². The summed E-state index contributed by atoms with van der Waals surface area (Å²) in [5.41, 5.74) is 5.54. The van der Waals surface area contributed by atoms with Gasteiger partial charge in [0, 0.05) is 38.2 Å². The molecule has 0 aromatic heterocycles. The number of benzene rings is 3. The number of nitrogens with zero attached hydrogens (tertiary/aromatic N) is 3. The van der Waals surface area contributed by atoms with Gasteiger partial charge in [-0.3, -0.25) is 0 Å². The van der Waals surface area contributed by atoms with Crippen molar-refractivity contribution in [3.05, 3.63) is 88.0 Å². The van der Waals surface area contributed by atoms with E-state index in [0.29, 0.717) is 17.5 Å². The van der Waals surface area contributed by atoms with Gasteiger partial charge in [0.15, 0.2) is 0 Å². The molecule has 1 fully saturated rings. The summed E-state index contributed by atoms with van der Waals surface area (Å²) in [5, 5.41) is 7.89. The molecule has 4 nitrogen and oxygen atoms in total. The molecule has 3 atom stereocenters. The Morgan fingerprint density at radius 3 is 2.58 bits per heavy atom. The van der Waals surface area contributed by atoms with Crippen molar-refractivity contribution in [2.45, 2.75) is 37.2 Å². The lowest BCUT2D eigenvalue weighted by atomic mass is 9.95. The van der Waals surface area contributed by atoms with E-state index in [1.54, 1.807) is 0 Å². The molecule has 6 rings (SSSR count). The predicted octanol–water partition coefficient (Wildman–Crippen LogP) is 5.98. The average Bonchev–Trinajstić information content (AvgIpc) is 3.51. The quantitative estimate of drug-likeness (QED) is 0.481. The molecule has 3 aliphatic heterocycles. The van der Waals surface area contributed by atoms with Gasteiger partial charge in [0.1, 0.15) is 11.1 Å². The normalized spacial score (nSPS) is 25.8. The van der Waals surface area contributed by atoms with Crippen LogP contribution in [0.15, 0.2) is 71.3 Å². The van der Waals surface area contributed by atoms with E-state index in [-0.39, 0.29) is 0 Å². The zero-order valence-electron chi connectivity index (χ0n) is 19.8. The number of hydrogen-bond acceptors (Lipinski definition) is 5. The highest BCUT2D eigenvalue weighted by molar-refractivity contribution is 8.03. The predicted molar refractivity (Wildman–Crippen MR) is 137 cm³/mol. The molecule has 33 heavy (non-hydrogen) atoms. The van der Waals surface area contributed by atoms with E-state index in [2.05, 4.69) is 104 Å². The van der Waals surface area contributed by atoms with E-state index < -0.39 is 0 Å². The molecule has 5 heteroatoms. The standard InChI is InChI=1S/C28H31N3OS/c1-18-27(33-28(29(18)2)21-12-13-26-20(16-21)14-15-32-26)25-17-24(30(3)31(25)4)23-11-7-9-19-8-5-6-10-22(19)23/h5-13,16,24-25,28H,14-15,17H2,1-4H3. The van der Waals surface area contributed by atoms with Gasteiger partial charge in [-0.1, -0.05) is 60.3 Å². The summed E-state index contributed by atoms with van der Waals surface area (Å²) in [5.74, 6) is 1.06. The maximum Gasteiger partial charge on any atom is 0.122 e. The van der Waals surface area contributed by atoms with E-state index in [1.807, 2.05) is 11.8 Å². The van der Waals surface area contributed by atoms with Gasteiger partial charge in [-0.15, -0.1) is 0 Å². The van der Waals surface area contributed by atoms with Crippen molar-refractivity contribution in [1.29, 1.82) is 0 Å². The minimum absolute atomic E-state index is 0.321. The van der Waals surface area contributed by atoms with Crippen molar-refractivity contribution in [2.75, 3.05) is 27.7 Å². The average molecular weight is 458 g/mol. The molecule has 3 aliphatic rings. The second-order valence-electron chi connectivity index (χ2n) is 9.48. The summed E-state index contributed by atoms with van der Waals surface area (Å²) in [4.78, 5) is 3.95. The van der Waals surface area contributed by atoms with Crippen LogP contribution in [-0.4, -0.2) is 48.7 Å². The number of rotatable bonds is 3. The van der Waals surface area contributed by atoms with Crippen molar-refractivity contribution in [3.63, 3.8) is 0 Å². The molecular formula is C28H31N3OS. The number of allylic oxidation sites excluding steroid dienone is 1. The molecule has 0 radical (unpaired) electrons. The number of thioether (sulfide) groups is 1. The molecule has 3 aromatic rings. The van der Waals surface area contributed by atoms with Gasteiger partial charge >= 0.3 is 0 Å². The minimum atomic E-state index is 0.321. The maximum atomic E-state index is 5.73. The van der Waals surface area contributed by atoms with Crippen LogP contribution in [-0.2, 0) is 6.42 Å². The molecule has 0 N–H and O–H groups in total. The van der Waals surface area contributed by atoms with Crippen LogP contribution < -0.4 is 4.74 Å². The van der Waals surface area contributed by atoms with Crippen molar-refractivity contribution >= 4 is 22.5 Å². The van der Waals surface area contributed by atoms with Gasteiger partial charge in [0.2, 0.25) is 0 Å². The smallest absolute Gasteiger partial charge is 0.122 e. The molecule has 3 unspecified atom stereocenters. The zero-order chi connectivity index (χ0) is 22.7. The second-order valence-corrected chi connectivity index (χ2v) is 10.6. The Morgan fingerprint density at radius 2 is 1.70 bits per heavy atom. The summed E-state index contributed by atoms with van der Waals surface area (Å²) in [6.07, 6.45) is 2.12. The summed E-state index contributed by atoms with van der Waals surface area (Å²) in [6.45, 7) is 3.10. The molecule has 0 saturated carbocycles. The Hall–Kier alpha value is -2.47. The van der Waals surface area contributed by atoms with Crippen molar-refractivity contribution in [1.82, 2.24) is 14.9 Å². The third-order valence-corrected chi connectivity index (χ3v) is 9.44. The van der Waals surface area contributed by atoms with E-state index in [1.165, 1.54) is 38.1 Å². The van der Waals surface area contributed by atoms with E-state index in [0.717, 1.165) is 25.2 Å². The summed E-state index contributed by atoms with van der Waals surface area (Å²) < 4.78 is 5.73. The van der Waals surface area contributed by atoms with Gasteiger partial charge in [0.05, 0.1) is 18.7 Å². The highest BCUT2D eigenvalue weighted by Gasteiger charge is 2.42. The molecule has 0 amide bonds. The number of hydrogen-bond donors (Lipinski definition) is 0. The van der Waals surface area contributed by atoms with Crippen molar-refractivity contribution in [2.24, 2.45) is 0 Å². The minimum Gasteiger partial charge on any atom is -0.493 e. The SMILES string of the molecule is CC1=C(C2CC(c3cccc4ccccc34)N(C)N2C)SC(c2ccc3c(c2)CCO3)N1C. The molecular weight excluding hydrogens is 426 g/mol. The highest BCUT2D eigenvalue weighted by atomic mass is 32.2. The molecule has 170 valence electrons. The van der Waals surface area contributed by atoms with E-state index in [9.17, 15) is 0 Å². The van der Waals surface area contributed by atoms with Crippen LogP contribution in [0.25, 0.3) is 10.8 Å². The fourth-order valence-corrected chi connectivity index (χ4v) is 7.27. The summed E-state index contributed by atoms with van der Waals surface area (Å²) in [7, 11) is 6.73. The van der Waals surface area contributed by atoms with Crippen LogP contribution in [0.1, 0.15) is 41.5 Å². The Kier molecular flexibility index (Phi) is 5.17. The van der Waals surface area contributed by atoms with Gasteiger partial charge in [-0.05, 0) is 52.9 Å². The van der Waals surface area contributed by atoms with Gasteiger partial charge in [0.25, 0.3) is 0 Å². The molecule has 3 aromatic carbocycles. The number of fused-ring (bicyclic) bond motifs is 2. The highest BCUT2D eigenvalue weighted by Crippen LogP contribution is 2.52. The van der Waals surface area contributed by atoms with Crippen LogP contribution in [0.5, 0.6) is 5.75 Å². The van der Waals surface area contributed by atoms with Gasteiger partial charge < -0.3 is 9.64 Å². The first-order chi connectivity index (χ1) is 16.0. The number of hydrazine groups is 1.